The van der Waals surface area contributed by atoms with E-state index in [-0.39, 0.29) is 23.7 Å². The van der Waals surface area contributed by atoms with Gasteiger partial charge in [-0.05, 0) is 38.2 Å². The van der Waals surface area contributed by atoms with E-state index in [1.165, 1.54) is 0 Å². The van der Waals surface area contributed by atoms with E-state index >= 15 is 0 Å². The molecule has 0 radical (unpaired) electrons. The molecule has 0 aromatic heterocycles. The molecule has 6 heteroatoms. The first-order valence-electron chi connectivity index (χ1n) is 10.8. The second-order valence-electron chi connectivity index (χ2n) is 7.77. The van der Waals surface area contributed by atoms with Gasteiger partial charge in [-0.3, -0.25) is 9.59 Å². The van der Waals surface area contributed by atoms with E-state index in [0.717, 1.165) is 30.8 Å². The summed E-state index contributed by atoms with van der Waals surface area (Å²) in [5, 5.41) is 3.25. The van der Waals surface area contributed by atoms with Crippen molar-refractivity contribution in [3.63, 3.8) is 0 Å². The summed E-state index contributed by atoms with van der Waals surface area (Å²) in [7, 11) is 0. The van der Waals surface area contributed by atoms with Crippen molar-refractivity contribution in [2.75, 3.05) is 39.3 Å². The maximum absolute atomic E-state index is 12.7. The molecular weight excluding hydrogens is 366 g/mol. The first-order chi connectivity index (χ1) is 14.1. The van der Waals surface area contributed by atoms with E-state index < -0.39 is 0 Å². The zero-order valence-electron chi connectivity index (χ0n) is 17.6. The smallest absolute Gasteiger partial charge is 0.236 e. The van der Waals surface area contributed by atoms with Crippen LogP contribution in [-0.2, 0) is 16.1 Å². The minimum Gasteiger partial charge on any atom is -0.489 e. The molecule has 0 unspecified atom stereocenters. The number of para-hydroxylation sites is 1. The van der Waals surface area contributed by atoms with Gasteiger partial charge in [-0.15, -0.1) is 0 Å². The van der Waals surface area contributed by atoms with E-state index in [9.17, 15) is 9.59 Å². The molecule has 2 amide bonds. The van der Waals surface area contributed by atoms with Crippen molar-refractivity contribution in [2.24, 2.45) is 11.8 Å². The average Bonchev–Trinajstić information content (AvgIpc) is 2.74. The van der Waals surface area contributed by atoms with Gasteiger partial charge in [0.15, 0.2) is 0 Å². The Morgan fingerprint density at radius 2 is 2.03 bits per heavy atom. The molecule has 1 aromatic rings. The Morgan fingerprint density at radius 1 is 1.24 bits per heavy atom. The highest BCUT2D eigenvalue weighted by Crippen LogP contribution is 2.29. The molecule has 2 atom stereocenters. The van der Waals surface area contributed by atoms with E-state index in [1.807, 2.05) is 54.0 Å². The average molecular weight is 400 g/mol. The van der Waals surface area contributed by atoms with Gasteiger partial charge in [0.1, 0.15) is 12.4 Å². The van der Waals surface area contributed by atoms with Crippen molar-refractivity contribution in [1.29, 1.82) is 0 Å². The third kappa shape index (κ3) is 5.60. The quantitative estimate of drug-likeness (QED) is 0.790. The Labute approximate surface area is 173 Å². The van der Waals surface area contributed by atoms with Crippen molar-refractivity contribution in [3.8, 4) is 5.75 Å². The summed E-state index contributed by atoms with van der Waals surface area (Å²) in [6, 6.07) is 7.91. The summed E-state index contributed by atoms with van der Waals surface area (Å²) in [5.74, 6) is 1.60. The number of ether oxygens (including phenoxy) is 1. The van der Waals surface area contributed by atoms with Crippen molar-refractivity contribution >= 4 is 11.8 Å². The van der Waals surface area contributed by atoms with Gasteiger partial charge in [0.25, 0.3) is 0 Å². The number of carbonyl (C=O) groups excluding carboxylic acids is 2. The minimum absolute atomic E-state index is 0.120. The van der Waals surface area contributed by atoms with Gasteiger partial charge in [0, 0.05) is 44.7 Å². The van der Waals surface area contributed by atoms with Gasteiger partial charge in [0.2, 0.25) is 11.8 Å². The Morgan fingerprint density at radius 3 is 2.83 bits per heavy atom. The summed E-state index contributed by atoms with van der Waals surface area (Å²) in [6.07, 6.45) is 5.58. The van der Waals surface area contributed by atoms with Crippen LogP contribution >= 0.6 is 0 Å². The lowest BCUT2D eigenvalue weighted by molar-refractivity contribution is -0.134. The van der Waals surface area contributed by atoms with Gasteiger partial charge in [-0.25, -0.2) is 0 Å². The van der Waals surface area contributed by atoms with Crippen LogP contribution in [0.25, 0.3) is 0 Å². The molecule has 0 saturated carbocycles. The highest BCUT2D eigenvalue weighted by Gasteiger charge is 2.32. The number of amides is 2. The molecule has 1 fully saturated rings. The van der Waals surface area contributed by atoms with Crippen LogP contribution < -0.4 is 10.1 Å². The molecule has 2 heterocycles. The van der Waals surface area contributed by atoms with Gasteiger partial charge in [-0.1, -0.05) is 30.4 Å². The maximum atomic E-state index is 12.7. The van der Waals surface area contributed by atoms with E-state index in [2.05, 4.69) is 11.4 Å². The first-order valence-corrected chi connectivity index (χ1v) is 10.8. The molecule has 2 aliphatic heterocycles. The molecule has 2 bridgehead atoms. The predicted octanol–water partition coefficient (Wildman–Crippen LogP) is 2.45. The molecule has 0 spiro atoms. The van der Waals surface area contributed by atoms with Crippen molar-refractivity contribution in [3.05, 3.63) is 42.0 Å². The second kappa shape index (κ2) is 10.4. The van der Waals surface area contributed by atoms with Gasteiger partial charge in [0.05, 0.1) is 6.54 Å². The van der Waals surface area contributed by atoms with Gasteiger partial charge in [-0.2, -0.15) is 0 Å². The standard InChI is InChI=1S/C23H33N3O3/c1-3-25(4-2)22(27)14-18-11-12-26-17-20(18)9-7-13-29-21-10-6-5-8-19(21)15-24-16-23(26)28/h5-10,18,20,24H,3-4,11-17H2,1-2H3/b9-7+/t18-,20-/m0/s1. The van der Waals surface area contributed by atoms with Crippen molar-refractivity contribution in [1.82, 2.24) is 15.1 Å². The number of rotatable bonds is 4. The molecule has 1 N–H and O–H groups in total. The fourth-order valence-corrected chi connectivity index (χ4v) is 4.23. The summed E-state index contributed by atoms with van der Waals surface area (Å²) in [5.41, 5.74) is 1.05. The van der Waals surface area contributed by atoms with Crippen LogP contribution in [0.1, 0.15) is 32.3 Å². The number of nitrogens with one attached hydrogen (secondary N) is 1. The summed E-state index contributed by atoms with van der Waals surface area (Å²) in [4.78, 5) is 29.2. The maximum Gasteiger partial charge on any atom is 0.236 e. The lowest BCUT2D eigenvalue weighted by Gasteiger charge is -2.38. The topological polar surface area (TPSA) is 61.9 Å². The number of fused-ring (bicyclic) bond motifs is 3. The summed E-state index contributed by atoms with van der Waals surface area (Å²) in [6.45, 7) is 8.30. The summed E-state index contributed by atoms with van der Waals surface area (Å²) >= 11 is 0. The Hall–Kier alpha value is -2.34. The Bertz CT molecular complexity index is 730. The number of benzene rings is 1. The first kappa shape index (κ1) is 21.4. The van der Waals surface area contributed by atoms with Gasteiger partial charge >= 0.3 is 0 Å². The molecule has 158 valence electrons. The third-order valence-corrected chi connectivity index (χ3v) is 5.99. The largest absolute Gasteiger partial charge is 0.489 e. The predicted molar refractivity (Wildman–Crippen MR) is 114 cm³/mol. The highest BCUT2D eigenvalue weighted by atomic mass is 16.5. The highest BCUT2D eigenvalue weighted by molar-refractivity contribution is 5.79. The van der Waals surface area contributed by atoms with E-state index in [1.54, 1.807) is 0 Å². The lowest BCUT2D eigenvalue weighted by Crippen LogP contribution is -2.47. The number of piperidine rings is 1. The zero-order chi connectivity index (χ0) is 20.6. The molecule has 6 nitrogen and oxygen atoms in total. The van der Waals surface area contributed by atoms with E-state index in [4.69, 9.17) is 4.74 Å². The van der Waals surface area contributed by atoms with Crippen LogP contribution in [0, 0.1) is 11.8 Å². The van der Waals surface area contributed by atoms with Crippen LogP contribution in [-0.4, -0.2) is 60.9 Å². The Kier molecular flexibility index (Phi) is 7.69. The molecular formula is C23H33N3O3. The number of nitrogens with zero attached hydrogens (tertiary/aromatic N) is 2. The van der Waals surface area contributed by atoms with Crippen LogP contribution in [0.3, 0.4) is 0 Å². The fourth-order valence-electron chi connectivity index (χ4n) is 4.23. The molecule has 1 saturated heterocycles. The number of hydrogen-bond acceptors (Lipinski definition) is 4. The SMILES string of the molecule is CCN(CC)C(=O)C[C@@H]1CCN2C[C@@H]1/C=C/COc1ccccc1CNCC2=O. The lowest BCUT2D eigenvalue weighted by atomic mass is 9.82. The van der Waals surface area contributed by atoms with E-state index in [0.29, 0.717) is 39.2 Å². The normalized spacial score (nSPS) is 23.7. The number of carbonyl (C=O) groups is 2. The summed E-state index contributed by atoms with van der Waals surface area (Å²) < 4.78 is 5.95. The van der Waals surface area contributed by atoms with Crippen molar-refractivity contribution in [2.45, 2.75) is 33.2 Å². The second-order valence-corrected chi connectivity index (χ2v) is 7.77. The van der Waals surface area contributed by atoms with Crippen molar-refractivity contribution < 1.29 is 14.3 Å². The molecule has 1 aromatic carbocycles. The minimum atomic E-state index is 0.120. The molecule has 2 aliphatic rings. The Balaban J connectivity index is 1.74. The molecule has 0 aliphatic carbocycles. The zero-order valence-corrected chi connectivity index (χ0v) is 17.6. The molecule has 3 rings (SSSR count). The molecule has 29 heavy (non-hydrogen) atoms. The van der Waals surface area contributed by atoms with Crippen LogP contribution in [0.5, 0.6) is 5.75 Å². The fraction of sp³-hybridized carbons (Fsp3) is 0.565. The monoisotopic (exact) mass is 399 g/mol. The van der Waals surface area contributed by atoms with Gasteiger partial charge < -0.3 is 19.9 Å². The van der Waals surface area contributed by atoms with Crippen LogP contribution in [0.2, 0.25) is 0 Å². The number of hydrogen-bond donors (Lipinski definition) is 1. The third-order valence-electron chi connectivity index (χ3n) is 5.99. The van der Waals surface area contributed by atoms with Crippen LogP contribution in [0.4, 0.5) is 0 Å². The van der Waals surface area contributed by atoms with Crippen LogP contribution in [0.15, 0.2) is 36.4 Å².